The number of rotatable bonds is 5. The lowest BCUT2D eigenvalue weighted by Crippen LogP contribution is -2.19. The molecule has 24 heavy (non-hydrogen) atoms. The molecule has 6 nitrogen and oxygen atoms in total. The number of aromatic nitrogens is 3. The molecule has 0 aliphatic heterocycles. The number of methoxy groups -OCH3 is 1. The van der Waals surface area contributed by atoms with Gasteiger partial charge >= 0.3 is 0 Å². The maximum atomic E-state index is 13.1. The highest BCUT2D eigenvalue weighted by molar-refractivity contribution is 5.83. The standard InChI is InChI=1S/C17H17FN4O2/c1-10(9-23-2)24-16-15-14(21-17(19)22-16)8-7-13(20-15)11-3-5-12(18)6-4-11/h3-8,10H,9H2,1-2H3,(H2,19,21,22)/t10-/m1/s1. The van der Waals surface area contributed by atoms with Gasteiger partial charge in [0.05, 0.1) is 17.8 Å². The predicted octanol–water partition coefficient (Wildman–Crippen LogP) is 2.83. The molecule has 0 radical (unpaired) electrons. The molecule has 0 saturated carbocycles. The maximum Gasteiger partial charge on any atom is 0.245 e. The zero-order valence-electron chi connectivity index (χ0n) is 13.4. The van der Waals surface area contributed by atoms with Crippen molar-refractivity contribution in [1.29, 1.82) is 0 Å². The Bertz CT molecular complexity index is 855. The number of nitrogens with two attached hydrogens (primary N) is 1. The van der Waals surface area contributed by atoms with Crippen LogP contribution in [0.5, 0.6) is 5.88 Å². The average Bonchev–Trinajstić information content (AvgIpc) is 2.55. The lowest BCUT2D eigenvalue weighted by atomic mass is 10.1. The second-order valence-electron chi connectivity index (χ2n) is 5.34. The second-order valence-corrected chi connectivity index (χ2v) is 5.34. The quantitative estimate of drug-likeness (QED) is 0.775. The summed E-state index contributed by atoms with van der Waals surface area (Å²) in [6.45, 7) is 2.26. The maximum absolute atomic E-state index is 13.1. The molecular formula is C17H17FN4O2. The van der Waals surface area contributed by atoms with E-state index in [2.05, 4.69) is 15.0 Å². The smallest absolute Gasteiger partial charge is 0.245 e. The van der Waals surface area contributed by atoms with Crippen molar-refractivity contribution in [2.24, 2.45) is 0 Å². The molecule has 0 spiro atoms. The fraction of sp³-hybridized carbons (Fsp3) is 0.235. The first kappa shape index (κ1) is 16.1. The van der Waals surface area contributed by atoms with E-state index in [0.717, 1.165) is 5.56 Å². The summed E-state index contributed by atoms with van der Waals surface area (Å²) in [6, 6.07) is 9.68. The van der Waals surface area contributed by atoms with Crippen molar-refractivity contribution in [3.8, 4) is 17.1 Å². The van der Waals surface area contributed by atoms with E-state index in [1.54, 1.807) is 31.4 Å². The van der Waals surface area contributed by atoms with E-state index < -0.39 is 0 Å². The number of fused-ring (bicyclic) bond motifs is 1. The van der Waals surface area contributed by atoms with Crippen LogP contribution in [-0.2, 0) is 4.74 Å². The summed E-state index contributed by atoms with van der Waals surface area (Å²) in [6.07, 6.45) is -0.219. The van der Waals surface area contributed by atoms with Crippen LogP contribution in [0.3, 0.4) is 0 Å². The monoisotopic (exact) mass is 328 g/mol. The van der Waals surface area contributed by atoms with Crippen molar-refractivity contribution in [3.05, 3.63) is 42.2 Å². The largest absolute Gasteiger partial charge is 0.471 e. The van der Waals surface area contributed by atoms with Gasteiger partial charge in [-0.25, -0.2) is 14.4 Å². The van der Waals surface area contributed by atoms with Gasteiger partial charge in [0, 0.05) is 12.7 Å². The molecule has 2 heterocycles. The fourth-order valence-electron chi connectivity index (χ4n) is 2.33. The molecule has 1 atom stereocenters. The summed E-state index contributed by atoms with van der Waals surface area (Å²) in [5.74, 6) is 0.109. The fourth-order valence-corrected chi connectivity index (χ4v) is 2.33. The number of nitrogen functional groups attached to an aromatic ring is 1. The zero-order valence-corrected chi connectivity index (χ0v) is 13.4. The highest BCUT2D eigenvalue weighted by Gasteiger charge is 2.14. The molecule has 2 aromatic heterocycles. The molecule has 0 unspecified atom stereocenters. The summed E-state index contributed by atoms with van der Waals surface area (Å²) in [5, 5.41) is 0. The van der Waals surface area contributed by atoms with Crippen molar-refractivity contribution in [2.75, 3.05) is 19.5 Å². The van der Waals surface area contributed by atoms with Crippen LogP contribution in [0.1, 0.15) is 6.92 Å². The van der Waals surface area contributed by atoms with Gasteiger partial charge in [0.1, 0.15) is 11.9 Å². The number of hydrogen-bond acceptors (Lipinski definition) is 6. The first-order valence-corrected chi connectivity index (χ1v) is 7.42. The van der Waals surface area contributed by atoms with E-state index in [1.165, 1.54) is 12.1 Å². The molecule has 124 valence electrons. The van der Waals surface area contributed by atoms with Crippen molar-refractivity contribution < 1.29 is 13.9 Å². The van der Waals surface area contributed by atoms with Crippen molar-refractivity contribution in [2.45, 2.75) is 13.0 Å². The summed E-state index contributed by atoms with van der Waals surface area (Å²) < 4.78 is 23.9. The van der Waals surface area contributed by atoms with Gasteiger partial charge in [0.15, 0.2) is 5.52 Å². The van der Waals surface area contributed by atoms with E-state index in [9.17, 15) is 4.39 Å². The van der Waals surface area contributed by atoms with E-state index in [-0.39, 0.29) is 17.9 Å². The SMILES string of the molecule is COC[C@@H](C)Oc1nc(N)nc2ccc(-c3ccc(F)cc3)nc12. The summed E-state index contributed by atoms with van der Waals surface area (Å²) in [7, 11) is 1.59. The highest BCUT2D eigenvalue weighted by atomic mass is 19.1. The highest BCUT2D eigenvalue weighted by Crippen LogP contribution is 2.26. The minimum absolute atomic E-state index is 0.110. The third-order valence-electron chi connectivity index (χ3n) is 3.38. The second kappa shape index (κ2) is 6.76. The number of ether oxygens (including phenoxy) is 2. The lowest BCUT2D eigenvalue weighted by Gasteiger charge is -2.14. The molecule has 0 saturated heterocycles. The minimum atomic E-state index is -0.298. The zero-order chi connectivity index (χ0) is 17.1. The molecule has 3 aromatic rings. The van der Waals surface area contributed by atoms with Crippen LogP contribution in [0, 0.1) is 5.82 Å². The van der Waals surface area contributed by atoms with Crippen molar-refractivity contribution in [1.82, 2.24) is 15.0 Å². The molecule has 0 amide bonds. The Morgan fingerprint density at radius 2 is 1.83 bits per heavy atom. The Hall–Kier alpha value is -2.80. The molecule has 0 bridgehead atoms. The molecular weight excluding hydrogens is 311 g/mol. The number of anilines is 1. The summed E-state index contributed by atoms with van der Waals surface area (Å²) >= 11 is 0. The molecule has 7 heteroatoms. The van der Waals surface area contributed by atoms with Crippen LogP contribution >= 0.6 is 0 Å². The minimum Gasteiger partial charge on any atom is -0.471 e. The van der Waals surface area contributed by atoms with Crippen LogP contribution in [0.2, 0.25) is 0 Å². The van der Waals surface area contributed by atoms with Crippen molar-refractivity contribution >= 4 is 17.0 Å². The molecule has 2 N–H and O–H groups in total. The first-order valence-electron chi connectivity index (χ1n) is 7.42. The Kier molecular flexibility index (Phi) is 4.52. The molecule has 0 fully saturated rings. The molecule has 3 rings (SSSR count). The van der Waals surface area contributed by atoms with Gasteiger partial charge in [-0.2, -0.15) is 4.98 Å². The van der Waals surface area contributed by atoms with Gasteiger partial charge in [0.2, 0.25) is 11.8 Å². The Balaban J connectivity index is 2.06. The third kappa shape index (κ3) is 3.41. The van der Waals surface area contributed by atoms with Gasteiger partial charge < -0.3 is 15.2 Å². The van der Waals surface area contributed by atoms with E-state index in [1.807, 2.05) is 6.92 Å². The number of halogens is 1. The number of nitrogens with zero attached hydrogens (tertiary/aromatic N) is 3. The lowest BCUT2D eigenvalue weighted by molar-refractivity contribution is 0.0900. The molecule has 0 aliphatic carbocycles. The van der Waals surface area contributed by atoms with Gasteiger partial charge in [-0.1, -0.05) is 0 Å². The van der Waals surface area contributed by atoms with Crippen molar-refractivity contribution in [3.63, 3.8) is 0 Å². The van der Waals surface area contributed by atoms with Crippen LogP contribution in [0.25, 0.3) is 22.3 Å². The van der Waals surface area contributed by atoms with E-state index >= 15 is 0 Å². The topological polar surface area (TPSA) is 83.2 Å². The number of benzene rings is 1. The summed E-state index contributed by atoms with van der Waals surface area (Å²) in [5.41, 5.74) is 8.26. The van der Waals surface area contributed by atoms with E-state index in [0.29, 0.717) is 29.2 Å². The van der Waals surface area contributed by atoms with Crippen LogP contribution in [0.4, 0.5) is 10.3 Å². The summed E-state index contributed by atoms with van der Waals surface area (Å²) in [4.78, 5) is 12.9. The Labute approximate surface area is 138 Å². The Morgan fingerprint density at radius 3 is 2.54 bits per heavy atom. The molecule has 0 aliphatic rings. The Morgan fingerprint density at radius 1 is 1.08 bits per heavy atom. The van der Waals surface area contributed by atoms with Crippen LogP contribution in [0.15, 0.2) is 36.4 Å². The average molecular weight is 328 g/mol. The van der Waals surface area contributed by atoms with Crippen LogP contribution < -0.4 is 10.5 Å². The number of pyridine rings is 1. The van der Waals surface area contributed by atoms with Gasteiger partial charge in [0.25, 0.3) is 0 Å². The van der Waals surface area contributed by atoms with Gasteiger partial charge in [-0.05, 0) is 43.3 Å². The predicted molar refractivity (Wildman–Crippen MR) is 89.1 cm³/mol. The van der Waals surface area contributed by atoms with Gasteiger partial charge in [-0.3, -0.25) is 0 Å². The third-order valence-corrected chi connectivity index (χ3v) is 3.38. The normalized spacial score (nSPS) is 12.3. The molecule has 1 aromatic carbocycles. The van der Waals surface area contributed by atoms with E-state index in [4.69, 9.17) is 15.2 Å². The van der Waals surface area contributed by atoms with Gasteiger partial charge in [-0.15, -0.1) is 0 Å². The van der Waals surface area contributed by atoms with Crippen LogP contribution in [-0.4, -0.2) is 34.8 Å². The number of hydrogen-bond donors (Lipinski definition) is 1. The first-order chi connectivity index (χ1) is 11.6.